The average Bonchev–Trinajstić information content (AvgIpc) is 2.48. The standard InChI is InChI=1S/C16H23ClN2O3/c1-10(2)22-15-13(17)7-12(8-14(15)21-4)16(20)19-6-5-18-11(3)9-19/h7-8,10-11,18H,5-6,9H2,1-4H3/t11-/m1/s1. The first-order valence-corrected chi connectivity index (χ1v) is 7.87. The lowest BCUT2D eigenvalue weighted by atomic mass is 10.1. The predicted octanol–water partition coefficient (Wildman–Crippen LogP) is 2.57. The van der Waals surface area contributed by atoms with E-state index in [1.807, 2.05) is 18.7 Å². The molecule has 1 fully saturated rings. The zero-order chi connectivity index (χ0) is 16.3. The maximum absolute atomic E-state index is 12.6. The predicted molar refractivity (Wildman–Crippen MR) is 87.1 cm³/mol. The lowest BCUT2D eigenvalue weighted by Gasteiger charge is -2.32. The topological polar surface area (TPSA) is 50.8 Å². The van der Waals surface area contributed by atoms with Crippen molar-refractivity contribution in [3.05, 3.63) is 22.7 Å². The molecule has 0 radical (unpaired) electrons. The molecule has 1 atom stereocenters. The molecule has 6 heteroatoms. The van der Waals surface area contributed by atoms with Gasteiger partial charge in [-0.05, 0) is 32.9 Å². The van der Waals surface area contributed by atoms with Crippen molar-refractivity contribution in [1.82, 2.24) is 10.2 Å². The van der Waals surface area contributed by atoms with Crippen molar-refractivity contribution in [2.45, 2.75) is 32.9 Å². The highest BCUT2D eigenvalue weighted by molar-refractivity contribution is 6.32. The lowest BCUT2D eigenvalue weighted by Crippen LogP contribution is -2.51. The van der Waals surface area contributed by atoms with Gasteiger partial charge < -0.3 is 19.7 Å². The molecule has 1 saturated heterocycles. The Morgan fingerprint density at radius 3 is 2.77 bits per heavy atom. The van der Waals surface area contributed by atoms with E-state index in [-0.39, 0.29) is 12.0 Å². The molecule has 1 heterocycles. The fourth-order valence-electron chi connectivity index (χ4n) is 2.49. The quantitative estimate of drug-likeness (QED) is 0.924. The summed E-state index contributed by atoms with van der Waals surface area (Å²) in [7, 11) is 1.54. The number of methoxy groups -OCH3 is 1. The van der Waals surface area contributed by atoms with Gasteiger partial charge in [0.1, 0.15) is 0 Å². The molecule has 0 spiro atoms. The van der Waals surface area contributed by atoms with Crippen molar-refractivity contribution in [2.24, 2.45) is 0 Å². The van der Waals surface area contributed by atoms with Crippen molar-refractivity contribution in [3.8, 4) is 11.5 Å². The second-order valence-electron chi connectivity index (χ2n) is 5.76. The van der Waals surface area contributed by atoms with Crippen LogP contribution < -0.4 is 14.8 Å². The minimum atomic E-state index is -0.0374. The van der Waals surface area contributed by atoms with Crippen LogP contribution in [0.15, 0.2) is 12.1 Å². The number of hydrogen-bond acceptors (Lipinski definition) is 4. The van der Waals surface area contributed by atoms with E-state index in [0.29, 0.717) is 41.2 Å². The van der Waals surface area contributed by atoms with Gasteiger partial charge in [-0.15, -0.1) is 0 Å². The van der Waals surface area contributed by atoms with Crippen LogP contribution in [-0.2, 0) is 0 Å². The number of benzene rings is 1. The Labute approximate surface area is 136 Å². The van der Waals surface area contributed by atoms with Crippen LogP contribution in [0.2, 0.25) is 5.02 Å². The maximum atomic E-state index is 12.6. The van der Waals surface area contributed by atoms with E-state index < -0.39 is 0 Å². The molecule has 1 N–H and O–H groups in total. The summed E-state index contributed by atoms with van der Waals surface area (Å²) in [4.78, 5) is 14.5. The maximum Gasteiger partial charge on any atom is 0.254 e. The number of piperazine rings is 1. The summed E-state index contributed by atoms with van der Waals surface area (Å²) in [5, 5.41) is 3.71. The molecule has 1 amide bonds. The van der Waals surface area contributed by atoms with E-state index in [2.05, 4.69) is 12.2 Å². The third-order valence-corrected chi connectivity index (χ3v) is 3.77. The Morgan fingerprint density at radius 2 is 2.18 bits per heavy atom. The molecule has 0 saturated carbocycles. The summed E-state index contributed by atoms with van der Waals surface area (Å²) >= 11 is 6.28. The van der Waals surface area contributed by atoms with Crippen LogP contribution in [-0.4, -0.2) is 49.7 Å². The van der Waals surface area contributed by atoms with Crippen molar-refractivity contribution in [1.29, 1.82) is 0 Å². The van der Waals surface area contributed by atoms with Crippen molar-refractivity contribution < 1.29 is 14.3 Å². The largest absolute Gasteiger partial charge is 0.493 e. The third kappa shape index (κ3) is 3.84. The number of amides is 1. The smallest absolute Gasteiger partial charge is 0.254 e. The zero-order valence-electron chi connectivity index (χ0n) is 13.5. The number of halogens is 1. The fraction of sp³-hybridized carbons (Fsp3) is 0.562. The first-order valence-electron chi connectivity index (χ1n) is 7.49. The molecule has 1 aromatic rings. The third-order valence-electron chi connectivity index (χ3n) is 3.49. The minimum absolute atomic E-state index is 0.0260. The molecule has 1 aliphatic rings. The first kappa shape index (κ1) is 16.9. The molecule has 2 rings (SSSR count). The van der Waals surface area contributed by atoms with Crippen molar-refractivity contribution in [3.63, 3.8) is 0 Å². The van der Waals surface area contributed by atoms with Gasteiger partial charge >= 0.3 is 0 Å². The fourth-order valence-corrected chi connectivity index (χ4v) is 2.75. The van der Waals surface area contributed by atoms with E-state index in [4.69, 9.17) is 21.1 Å². The van der Waals surface area contributed by atoms with Crippen LogP contribution in [0.4, 0.5) is 0 Å². The summed E-state index contributed by atoms with van der Waals surface area (Å²) in [6.07, 6.45) is -0.0260. The van der Waals surface area contributed by atoms with Gasteiger partial charge in [0.2, 0.25) is 0 Å². The summed E-state index contributed by atoms with van der Waals surface area (Å²) in [6.45, 7) is 8.06. The number of ether oxygens (including phenoxy) is 2. The number of nitrogens with one attached hydrogen (secondary N) is 1. The molecular weight excluding hydrogens is 304 g/mol. The average molecular weight is 327 g/mol. The van der Waals surface area contributed by atoms with Gasteiger partial charge in [0.25, 0.3) is 5.91 Å². The highest BCUT2D eigenvalue weighted by atomic mass is 35.5. The molecule has 1 aliphatic heterocycles. The van der Waals surface area contributed by atoms with Crippen LogP contribution >= 0.6 is 11.6 Å². The molecule has 22 heavy (non-hydrogen) atoms. The summed E-state index contributed by atoms with van der Waals surface area (Å²) < 4.78 is 11.0. The van der Waals surface area contributed by atoms with Gasteiger partial charge in [-0.25, -0.2) is 0 Å². The van der Waals surface area contributed by atoms with E-state index in [0.717, 1.165) is 6.54 Å². The number of hydrogen-bond donors (Lipinski definition) is 1. The van der Waals surface area contributed by atoms with E-state index in [1.54, 1.807) is 19.2 Å². The Bertz CT molecular complexity index is 548. The molecule has 0 unspecified atom stereocenters. The first-order chi connectivity index (χ1) is 10.4. The Hall–Kier alpha value is -1.46. The Kier molecular flexibility index (Phi) is 5.53. The monoisotopic (exact) mass is 326 g/mol. The van der Waals surface area contributed by atoms with E-state index >= 15 is 0 Å². The highest BCUT2D eigenvalue weighted by Crippen LogP contribution is 2.37. The van der Waals surface area contributed by atoms with Crippen molar-refractivity contribution >= 4 is 17.5 Å². The van der Waals surface area contributed by atoms with Gasteiger partial charge in [-0.2, -0.15) is 0 Å². The summed E-state index contributed by atoms with van der Waals surface area (Å²) in [6, 6.07) is 3.63. The molecule has 1 aromatic carbocycles. The number of nitrogens with zero attached hydrogens (tertiary/aromatic N) is 1. The van der Waals surface area contributed by atoms with Crippen molar-refractivity contribution in [2.75, 3.05) is 26.7 Å². The van der Waals surface area contributed by atoms with Gasteiger partial charge in [0.05, 0.1) is 18.2 Å². The van der Waals surface area contributed by atoms with E-state index in [9.17, 15) is 4.79 Å². The summed E-state index contributed by atoms with van der Waals surface area (Å²) in [5.74, 6) is 0.918. The van der Waals surface area contributed by atoms with Crippen LogP contribution in [0.5, 0.6) is 11.5 Å². The van der Waals surface area contributed by atoms with Gasteiger partial charge in [0.15, 0.2) is 11.5 Å². The summed E-state index contributed by atoms with van der Waals surface area (Å²) in [5.41, 5.74) is 0.520. The van der Waals surface area contributed by atoms with Crippen LogP contribution in [0.3, 0.4) is 0 Å². The normalized spacial score (nSPS) is 18.5. The second kappa shape index (κ2) is 7.20. The second-order valence-corrected chi connectivity index (χ2v) is 6.17. The molecule has 122 valence electrons. The van der Waals surface area contributed by atoms with Crippen LogP contribution in [0.25, 0.3) is 0 Å². The molecule has 5 nitrogen and oxygen atoms in total. The minimum Gasteiger partial charge on any atom is -0.493 e. The molecule has 0 aromatic heterocycles. The highest BCUT2D eigenvalue weighted by Gasteiger charge is 2.24. The molecular formula is C16H23ClN2O3. The molecule has 0 aliphatic carbocycles. The number of carbonyl (C=O) groups excluding carboxylic acids is 1. The van der Waals surface area contributed by atoms with Gasteiger partial charge in [0, 0.05) is 31.2 Å². The number of carbonyl (C=O) groups is 1. The lowest BCUT2D eigenvalue weighted by molar-refractivity contribution is 0.0708. The van der Waals surface area contributed by atoms with E-state index in [1.165, 1.54) is 0 Å². The molecule has 0 bridgehead atoms. The zero-order valence-corrected chi connectivity index (χ0v) is 14.2. The van der Waals surface area contributed by atoms with Gasteiger partial charge in [-0.1, -0.05) is 11.6 Å². The van der Waals surface area contributed by atoms with Gasteiger partial charge in [-0.3, -0.25) is 4.79 Å². The SMILES string of the molecule is COc1cc(C(=O)N2CCN[C@H](C)C2)cc(Cl)c1OC(C)C. The van der Waals surface area contributed by atoms with Crippen LogP contribution in [0.1, 0.15) is 31.1 Å². The Balaban J connectivity index is 2.27. The van der Waals surface area contributed by atoms with Crippen LogP contribution in [0, 0.1) is 0 Å². The number of rotatable bonds is 4. The Morgan fingerprint density at radius 1 is 1.45 bits per heavy atom.